The van der Waals surface area contributed by atoms with E-state index >= 15 is 0 Å². The summed E-state index contributed by atoms with van der Waals surface area (Å²) in [6.07, 6.45) is 5.07. The Morgan fingerprint density at radius 2 is 2.18 bits per heavy atom. The Morgan fingerprint density at radius 3 is 2.95 bits per heavy atom. The summed E-state index contributed by atoms with van der Waals surface area (Å²) in [6.45, 7) is 2.37. The summed E-state index contributed by atoms with van der Waals surface area (Å²) in [5.74, 6) is 2.43. The van der Waals surface area contributed by atoms with Gasteiger partial charge in [-0.3, -0.25) is 0 Å². The van der Waals surface area contributed by atoms with E-state index in [1.54, 1.807) is 0 Å². The van der Waals surface area contributed by atoms with Crippen molar-refractivity contribution in [2.75, 3.05) is 0 Å². The van der Waals surface area contributed by atoms with Crippen molar-refractivity contribution in [1.29, 1.82) is 0 Å². The van der Waals surface area contributed by atoms with Gasteiger partial charge in [-0.2, -0.15) is 0 Å². The highest BCUT2D eigenvalue weighted by atomic mass is 32.1. The number of hydrogen-bond acceptors (Lipinski definition) is 3. The molecule has 1 aromatic carbocycles. The first-order valence-electron chi connectivity index (χ1n) is 8.47. The largest absolute Gasteiger partial charge is 0.508 e. The lowest BCUT2D eigenvalue weighted by Gasteiger charge is -2.51. The molecule has 0 aromatic heterocycles. The minimum absolute atomic E-state index is 0.138. The predicted molar refractivity (Wildman–Crippen MR) is 91.3 cm³/mol. The number of phenolic OH excluding ortho intramolecular Hbond substituents is 1. The van der Waals surface area contributed by atoms with Crippen LogP contribution in [0.2, 0.25) is 0 Å². The Hall–Kier alpha value is -0.930. The van der Waals surface area contributed by atoms with E-state index in [0.29, 0.717) is 29.4 Å². The highest BCUT2D eigenvalue weighted by Gasteiger charge is 2.54. The van der Waals surface area contributed by atoms with Crippen LogP contribution in [0.4, 0.5) is 0 Å². The Balaban J connectivity index is 1.78. The van der Waals surface area contributed by atoms with E-state index in [1.807, 2.05) is 17.5 Å². The second kappa shape index (κ2) is 5.04. The van der Waals surface area contributed by atoms with E-state index in [2.05, 4.69) is 13.0 Å². The summed E-state index contributed by atoms with van der Waals surface area (Å²) < 4.78 is 0. The second-order valence-corrected chi connectivity index (χ2v) is 8.24. The number of aliphatic hydroxyl groups excluding tert-OH is 1. The van der Waals surface area contributed by atoms with Gasteiger partial charge in [-0.05, 0) is 89.8 Å². The molecule has 3 aliphatic carbocycles. The molecule has 0 radical (unpaired) electrons. The van der Waals surface area contributed by atoms with Gasteiger partial charge in [-0.1, -0.05) is 25.2 Å². The molecule has 3 heteroatoms. The third-order valence-corrected chi connectivity index (χ3v) is 7.08. The van der Waals surface area contributed by atoms with Gasteiger partial charge in [-0.15, -0.1) is 0 Å². The van der Waals surface area contributed by atoms with E-state index in [4.69, 9.17) is 12.2 Å². The minimum atomic E-state index is -0.138. The maximum absolute atomic E-state index is 10.2. The van der Waals surface area contributed by atoms with Crippen molar-refractivity contribution >= 4 is 17.6 Å². The van der Waals surface area contributed by atoms with E-state index in [1.165, 1.54) is 24.0 Å². The lowest BCUT2D eigenvalue weighted by molar-refractivity contribution is 0.0454. The second-order valence-electron chi connectivity index (χ2n) is 7.96. The van der Waals surface area contributed by atoms with Crippen molar-refractivity contribution in [1.82, 2.24) is 0 Å². The van der Waals surface area contributed by atoms with Crippen LogP contribution in [0.1, 0.15) is 49.7 Å². The number of benzene rings is 1. The van der Waals surface area contributed by atoms with Crippen molar-refractivity contribution in [3.05, 3.63) is 29.3 Å². The third-order valence-electron chi connectivity index (χ3n) is 6.73. The molecule has 2 saturated carbocycles. The zero-order valence-electron chi connectivity index (χ0n) is 13.0. The number of thiocarbonyl (C=S) groups is 1. The first-order valence-corrected chi connectivity index (χ1v) is 8.94. The van der Waals surface area contributed by atoms with Crippen molar-refractivity contribution in [2.24, 2.45) is 23.2 Å². The summed E-state index contributed by atoms with van der Waals surface area (Å²) in [5.41, 5.74) is 2.97. The molecule has 0 spiro atoms. The Kier molecular flexibility index (Phi) is 3.35. The van der Waals surface area contributed by atoms with E-state index < -0.39 is 0 Å². The molecule has 0 unspecified atom stereocenters. The molecule has 22 heavy (non-hydrogen) atoms. The van der Waals surface area contributed by atoms with Gasteiger partial charge < -0.3 is 10.2 Å². The molecule has 2 N–H and O–H groups in total. The van der Waals surface area contributed by atoms with E-state index in [0.717, 1.165) is 19.3 Å². The summed E-state index contributed by atoms with van der Waals surface area (Å²) in [7, 11) is 0. The maximum Gasteiger partial charge on any atom is 0.115 e. The van der Waals surface area contributed by atoms with Crippen LogP contribution in [0.3, 0.4) is 0 Å². The molecule has 0 amide bonds. The molecule has 0 heterocycles. The molecular formula is C19H24O2S. The SMILES string of the molecule is C[C@]12CC[C@@H]3c4ccc(O)cc4C[C@@H](C=S)[C@H]3[C@@H]1C[C@H](O)C2. The minimum Gasteiger partial charge on any atom is -0.508 e. The van der Waals surface area contributed by atoms with Crippen LogP contribution in [0.25, 0.3) is 0 Å². The normalized spacial score (nSPS) is 43.1. The number of aromatic hydroxyl groups is 1. The highest BCUT2D eigenvalue weighted by Crippen LogP contribution is 2.61. The van der Waals surface area contributed by atoms with Crippen LogP contribution in [0.5, 0.6) is 5.75 Å². The number of phenols is 1. The van der Waals surface area contributed by atoms with Crippen LogP contribution in [-0.2, 0) is 6.42 Å². The van der Waals surface area contributed by atoms with Gasteiger partial charge in [0.15, 0.2) is 0 Å². The average molecular weight is 316 g/mol. The highest BCUT2D eigenvalue weighted by molar-refractivity contribution is 7.79. The van der Waals surface area contributed by atoms with E-state index in [9.17, 15) is 10.2 Å². The lowest BCUT2D eigenvalue weighted by Crippen LogP contribution is -2.44. The summed E-state index contributed by atoms with van der Waals surface area (Å²) in [6, 6.07) is 5.87. The van der Waals surface area contributed by atoms with Crippen molar-refractivity contribution in [3.63, 3.8) is 0 Å². The number of aliphatic hydroxyl groups is 1. The maximum atomic E-state index is 10.2. The summed E-state index contributed by atoms with van der Waals surface area (Å²) >= 11 is 5.38. The third kappa shape index (κ3) is 2.05. The van der Waals surface area contributed by atoms with Gasteiger partial charge in [0.05, 0.1) is 6.10 Å². The van der Waals surface area contributed by atoms with Gasteiger partial charge in [-0.25, -0.2) is 0 Å². The lowest BCUT2D eigenvalue weighted by atomic mass is 9.53. The predicted octanol–water partition coefficient (Wildman–Crippen LogP) is 3.84. The quantitative estimate of drug-likeness (QED) is 0.774. The first kappa shape index (κ1) is 14.6. The molecular weight excluding hydrogens is 292 g/mol. The average Bonchev–Trinajstić information content (AvgIpc) is 2.79. The topological polar surface area (TPSA) is 40.5 Å². The standard InChI is InChI=1S/C19H24O2S/c1-19-5-4-16-15-3-2-13(20)7-11(15)6-12(10-22)18(16)17(19)8-14(21)9-19/h2-3,7,10,12,14,16-18,20-21H,4-6,8-9H2,1H3/t12-,14-,16+,17-,18+,19+/m0/s1. The molecule has 1 aromatic rings. The van der Waals surface area contributed by atoms with Gasteiger partial charge in [0.1, 0.15) is 5.75 Å². The van der Waals surface area contributed by atoms with Gasteiger partial charge >= 0.3 is 0 Å². The van der Waals surface area contributed by atoms with Crippen molar-refractivity contribution in [3.8, 4) is 5.75 Å². The molecule has 4 rings (SSSR count). The molecule has 2 fully saturated rings. The zero-order valence-corrected chi connectivity index (χ0v) is 13.9. The summed E-state index contributed by atoms with van der Waals surface area (Å²) in [4.78, 5) is 0. The molecule has 3 aliphatic rings. The Morgan fingerprint density at radius 1 is 1.36 bits per heavy atom. The van der Waals surface area contributed by atoms with Crippen LogP contribution in [0.15, 0.2) is 18.2 Å². The molecule has 118 valence electrons. The van der Waals surface area contributed by atoms with E-state index in [-0.39, 0.29) is 11.5 Å². The molecule has 2 nitrogen and oxygen atoms in total. The monoisotopic (exact) mass is 316 g/mol. The number of hydrogen-bond donors (Lipinski definition) is 2. The Bertz CT molecular complexity index is 613. The number of fused-ring (bicyclic) bond motifs is 5. The number of rotatable bonds is 1. The Labute approximate surface area is 137 Å². The fourth-order valence-corrected chi connectivity index (χ4v) is 6.11. The molecule has 0 aliphatic heterocycles. The molecule has 6 atom stereocenters. The fraction of sp³-hybridized carbons (Fsp3) is 0.632. The zero-order chi connectivity index (χ0) is 15.5. The van der Waals surface area contributed by atoms with Gasteiger partial charge in [0.25, 0.3) is 0 Å². The van der Waals surface area contributed by atoms with Crippen LogP contribution in [-0.4, -0.2) is 21.7 Å². The van der Waals surface area contributed by atoms with Gasteiger partial charge in [0.2, 0.25) is 0 Å². The molecule has 0 saturated heterocycles. The first-order chi connectivity index (χ1) is 10.5. The van der Waals surface area contributed by atoms with Crippen LogP contribution in [0, 0.1) is 23.2 Å². The fourth-order valence-electron chi connectivity index (χ4n) is 5.84. The summed E-state index contributed by atoms with van der Waals surface area (Å²) in [5, 5.41) is 22.0. The smallest absolute Gasteiger partial charge is 0.115 e. The van der Waals surface area contributed by atoms with Crippen LogP contribution >= 0.6 is 12.2 Å². The van der Waals surface area contributed by atoms with Crippen LogP contribution < -0.4 is 0 Å². The van der Waals surface area contributed by atoms with Crippen molar-refractivity contribution < 1.29 is 10.2 Å². The van der Waals surface area contributed by atoms with Gasteiger partial charge in [0, 0.05) is 0 Å². The molecule has 0 bridgehead atoms. The van der Waals surface area contributed by atoms with Crippen molar-refractivity contribution in [2.45, 2.75) is 51.0 Å².